The van der Waals surface area contributed by atoms with Crippen LogP contribution in [0, 0.1) is 20.8 Å². The van der Waals surface area contributed by atoms with Crippen LogP contribution in [0.2, 0.25) is 0 Å². The van der Waals surface area contributed by atoms with Gasteiger partial charge in [-0.2, -0.15) is 0 Å². The normalized spacial score (nSPS) is 14.5. The Hall–Kier alpha value is -3.17. The summed E-state index contributed by atoms with van der Waals surface area (Å²) in [6.45, 7) is 7.07. The van der Waals surface area contributed by atoms with Crippen molar-refractivity contribution in [3.05, 3.63) is 93.5 Å². The molecule has 1 fully saturated rings. The SMILES string of the molecule is Cc1ccc(S(=O)(=O)N(CC(=O)N(Cc2ccc(Br)cc2)[C@H](C)C(=O)NC2CCCC2)c2cccc(C)c2C)cc1. The molecule has 0 bridgehead atoms. The molecule has 0 radical (unpaired) electrons. The van der Waals surface area contributed by atoms with E-state index in [9.17, 15) is 18.0 Å². The molecule has 7 nitrogen and oxygen atoms in total. The van der Waals surface area contributed by atoms with Crippen molar-refractivity contribution in [1.82, 2.24) is 10.2 Å². The Kier molecular flexibility index (Phi) is 9.92. The van der Waals surface area contributed by atoms with E-state index < -0.39 is 28.5 Å². The Morgan fingerprint density at radius 2 is 1.59 bits per heavy atom. The van der Waals surface area contributed by atoms with Crippen LogP contribution in [0.15, 0.2) is 76.1 Å². The van der Waals surface area contributed by atoms with E-state index in [1.807, 2.05) is 51.1 Å². The van der Waals surface area contributed by atoms with Gasteiger partial charge in [0.05, 0.1) is 10.6 Å². The average Bonchev–Trinajstić information content (AvgIpc) is 3.46. The Balaban J connectivity index is 1.71. The average molecular weight is 641 g/mol. The smallest absolute Gasteiger partial charge is 0.264 e. The van der Waals surface area contributed by atoms with Crippen molar-refractivity contribution in [3.8, 4) is 0 Å². The molecule has 3 aromatic rings. The maximum atomic E-state index is 14.1. The first-order valence-electron chi connectivity index (χ1n) is 14.0. The lowest BCUT2D eigenvalue weighted by Crippen LogP contribution is -2.52. The summed E-state index contributed by atoms with van der Waals surface area (Å²) in [5.41, 5.74) is 3.88. The number of amides is 2. The van der Waals surface area contributed by atoms with Crippen molar-refractivity contribution in [2.45, 2.75) is 76.9 Å². The minimum absolute atomic E-state index is 0.0999. The van der Waals surface area contributed by atoms with Crippen molar-refractivity contribution in [1.29, 1.82) is 0 Å². The molecular formula is C32H38BrN3O4S. The zero-order valence-electron chi connectivity index (χ0n) is 24.1. The monoisotopic (exact) mass is 639 g/mol. The second kappa shape index (κ2) is 13.2. The van der Waals surface area contributed by atoms with E-state index in [4.69, 9.17) is 0 Å². The number of anilines is 1. The summed E-state index contributed by atoms with van der Waals surface area (Å²) in [6, 6.07) is 18.9. The summed E-state index contributed by atoms with van der Waals surface area (Å²) in [5.74, 6) is -0.694. The highest BCUT2D eigenvalue weighted by molar-refractivity contribution is 9.10. The van der Waals surface area contributed by atoms with E-state index in [2.05, 4.69) is 21.2 Å². The summed E-state index contributed by atoms with van der Waals surface area (Å²) >= 11 is 3.44. The van der Waals surface area contributed by atoms with Gasteiger partial charge in [-0.3, -0.25) is 13.9 Å². The van der Waals surface area contributed by atoms with Gasteiger partial charge in [-0.15, -0.1) is 0 Å². The number of hydrogen-bond acceptors (Lipinski definition) is 4. The first-order chi connectivity index (χ1) is 19.5. The van der Waals surface area contributed by atoms with Gasteiger partial charge in [0, 0.05) is 17.1 Å². The van der Waals surface area contributed by atoms with Gasteiger partial charge in [0.1, 0.15) is 12.6 Å². The van der Waals surface area contributed by atoms with Gasteiger partial charge in [0.25, 0.3) is 10.0 Å². The van der Waals surface area contributed by atoms with Crippen LogP contribution in [-0.4, -0.2) is 43.8 Å². The molecule has 41 heavy (non-hydrogen) atoms. The first kappa shape index (κ1) is 30.8. The molecule has 0 aromatic heterocycles. The maximum Gasteiger partial charge on any atom is 0.264 e. The van der Waals surface area contributed by atoms with Gasteiger partial charge < -0.3 is 10.2 Å². The van der Waals surface area contributed by atoms with Crippen LogP contribution < -0.4 is 9.62 Å². The molecule has 1 aliphatic rings. The first-order valence-corrected chi connectivity index (χ1v) is 16.2. The second-order valence-corrected chi connectivity index (χ2v) is 13.6. The zero-order chi connectivity index (χ0) is 29.7. The summed E-state index contributed by atoms with van der Waals surface area (Å²) in [4.78, 5) is 29.1. The lowest BCUT2D eigenvalue weighted by atomic mass is 10.1. The third-order valence-corrected chi connectivity index (χ3v) is 10.2. The van der Waals surface area contributed by atoms with Crippen LogP contribution in [0.5, 0.6) is 0 Å². The highest BCUT2D eigenvalue weighted by Crippen LogP contribution is 2.29. The third kappa shape index (κ3) is 7.38. The van der Waals surface area contributed by atoms with Crippen LogP contribution in [0.25, 0.3) is 0 Å². The fourth-order valence-corrected chi connectivity index (χ4v) is 6.85. The van der Waals surface area contributed by atoms with E-state index in [0.717, 1.165) is 52.4 Å². The molecule has 4 rings (SSSR count). The van der Waals surface area contributed by atoms with E-state index in [1.165, 1.54) is 9.21 Å². The van der Waals surface area contributed by atoms with Crippen LogP contribution in [0.4, 0.5) is 5.69 Å². The van der Waals surface area contributed by atoms with E-state index in [1.54, 1.807) is 43.3 Å². The molecule has 2 amide bonds. The van der Waals surface area contributed by atoms with Gasteiger partial charge in [0.2, 0.25) is 11.8 Å². The molecule has 0 saturated heterocycles. The van der Waals surface area contributed by atoms with Crippen LogP contribution in [-0.2, 0) is 26.2 Å². The molecule has 1 aliphatic carbocycles. The number of carbonyl (C=O) groups excluding carboxylic acids is 2. The fourth-order valence-electron chi connectivity index (χ4n) is 5.12. The highest BCUT2D eigenvalue weighted by atomic mass is 79.9. The van der Waals surface area contributed by atoms with Gasteiger partial charge in [-0.05, 0) is 87.6 Å². The van der Waals surface area contributed by atoms with Crippen molar-refractivity contribution >= 4 is 43.5 Å². The number of sulfonamides is 1. The summed E-state index contributed by atoms with van der Waals surface area (Å²) in [6.07, 6.45) is 3.99. The topological polar surface area (TPSA) is 86.8 Å². The van der Waals surface area contributed by atoms with Crippen molar-refractivity contribution in [2.75, 3.05) is 10.8 Å². The Morgan fingerprint density at radius 1 is 0.951 bits per heavy atom. The predicted molar refractivity (Wildman–Crippen MR) is 166 cm³/mol. The van der Waals surface area contributed by atoms with E-state index in [-0.39, 0.29) is 23.4 Å². The molecule has 0 aliphatic heterocycles. The number of aryl methyl sites for hydroxylation is 2. The minimum atomic E-state index is -4.10. The van der Waals surface area contributed by atoms with Crippen LogP contribution in [0.1, 0.15) is 54.9 Å². The Bertz CT molecular complexity index is 1480. The fraction of sp³-hybridized carbons (Fsp3) is 0.375. The molecular weight excluding hydrogens is 602 g/mol. The van der Waals surface area contributed by atoms with Gasteiger partial charge in [-0.1, -0.05) is 70.7 Å². The molecule has 1 saturated carbocycles. The Morgan fingerprint density at radius 3 is 2.22 bits per heavy atom. The van der Waals surface area contributed by atoms with Gasteiger partial charge in [0.15, 0.2) is 0 Å². The quantitative estimate of drug-likeness (QED) is 0.293. The molecule has 0 unspecified atom stereocenters. The number of nitrogens with zero attached hydrogens (tertiary/aromatic N) is 2. The van der Waals surface area contributed by atoms with Crippen LogP contribution in [0.3, 0.4) is 0 Å². The largest absolute Gasteiger partial charge is 0.352 e. The third-order valence-electron chi connectivity index (χ3n) is 7.87. The number of benzene rings is 3. The lowest BCUT2D eigenvalue weighted by molar-refractivity contribution is -0.139. The molecule has 1 atom stereocenters. The van der Waals surface area contributed by atoms with Crippen molar-refractivity contribution in [3.63, 3.8) is 0 Å². The predicted octanol–water partition coefficient (Wildman–Crippen LogP) is 6.05. The molecule has 3 aromatic carbocycles. The molecule has 0 heterocycles. The Labute approximate surface area is 252 Å². The lowest BCUT2D eigenvalue weighted by Gasteiger charge is -2.33. The van der Waals surface area contributed by atoms with Gasteiger partial charge >= 0.3 is 0 Å². The summed E-state index contributed by atoms with van der Waals surface area (Å²) in [7, 11) is -4.10. The number of halogens is 1. The summed E-state index contributed by atoms with van der Waals surface area (Å²) in [5, 5.41) is 3.10. The standard InChI is InChI=1S/C32H38BrN3O4S/c1-22-12-18-29(19-13-22)41(39,40)36(30-11-7-8-23(2)24(30)3)21-31(37)35(20-26-14-16-27(33)17-15-26)25(4)32(38)34-28-9-5-6-10-28/h7-8,11-19,25,28H,5-6,9-10,20-21H2,1-4H3,(H,34,38)/t25-/m1/s1. The van der Waals surface area contributed by atoms with Crippen molar-refractivity contribution in [2.24, 2.45) is 0 Å². The van der Waals surface area contributed by atoms with Gasteiger partial charge in [-0.25, -0.2) is 8.42 Å². The number of nitrogens with one attached hydrogen (secondary N) is 1. The molecule has 9 heteroatoms. The molecule has 218 valence electrons. The summed E-state index contributed by atoms with van der Waals surface area (Å²) < 4.78 is 30.2. The highest BCUT2D eigenvalue weighted by Gasteiger charge is 2.34. The number of hydrogen-bond donors (Lipinski definition) is 1. The molecule has 1 N–H and O–H groups in total. The van der Waals surface area contributed by atoms with E-state index in [0.29, 0.717) is 5.69 Å². The maximum absolute atomic E-state index is 14.1. The van der Waals surface area contributed by atoms with Crippen molar-refractivity contribution < 1.29 is 18.0 Å². The number of rotatable bonds is 10. The van der Waals surface area contributed by atoms with Crippen LogP contribution >= 0.6 is 15.9 Å². The molecule has 0 spiro atoms. The second-order valence-electron chi connectivity index (χ2n) is 10.9. The van der Waals surface area contributed by atoms with E-state index >= 15 is 0 Å². The minimum Gasteiger partial charge on any atom is -0.352 e. The zero-order valence-corrected chi connectivity index (χ0v) is 26.5. The number of carbonyl (C=O) groups is 2.